The molecular formula is C17H21ClN2O4S2. The summed E-state index contributed by atoms with van der Waals surface area (Å²) in [5.74, 6) is -0.0895. The van der Waals surface area contributed by atoms with Gasteiger partial charge in [-0.3, -0.25) is 0 Å². The van der Waals surface area contributed by atoms with Crippen LogP contribution in [-0.2, 0) is 14.8 Å². The molecule has 4 rings (SSSR count). The van der Waals surface area contributed by atoms with Crippen molar-refractivity contribution in [2.45, 2.75) is 23.8 Å². The van der Waals surface area contributed by atoms with Crippen LogP contribution < -0.4 is 5.73 Å². The highest BCUT2D eigenvalue weighted by Gasteiger charge is 2.46. The van der Waals surface area contributed by atoms with E-state index in [0.717, 1.165) is 28.9 Å². The van der Waals surface area contributed by atoms with Crippen molar-refractivity contribution in [3.05, 3.63) is 29.1 Å². The van der Waals surface area contributed by atoms with Gasteiger partial charge in [-0.15, -0.1) is 23.7 Å². The molecule has 1 aromatic heterocycles. The molecule has 2 fully saturated rings. The van der Waals surface area contributed by atoms with Crippen LogP contribution in [0, 0.1) is 11.8 Å². The number of esters is 1. The van der Waals surface area contributed by atoms with Gasteiger partial charge in [0.2, 0.25) is 10.0 Å². The fourth-order valence-corrected chi connectivity index (χ4v) is 7.41. The number of halogens is 1. The molecule has 2 heterocycles. The second-order valence-electron chi connectivity index (χ2n) is 6.74. The number of nitrogens with two attached hydrogens (primary N) is 1. The quantitative estimate of drug-likeness (QED) is 0.776. The van der Waals surface area contributed by atoms with Crippen LogP contribution in [0.25, 0.3) is 10.1 Å². The Bertz CT molecular complexity index is 943. The summed E-state index contributed by atoms with van der Waals surface area (Å²) in [5, 5.41) is 0.578. The molecule has 3 unspecified atom stereocenters. The molecule has 1 aliphatic heterocycles. The Morgan fingerprint density at radius 1 is 1.27 bits per heavy atom. The van der Waals surface area contributed by atoms with Crippen molar-refractivity contribution in [1.29, 1.82) is 0 Å². The predicted molar refractivity (Wildman–Crippen MR) is 103 cm³/mol. The number of rotatable bonds is 3. The molecule has 1 aliphatic carbocycles. The third-order valence-corrected chi connectivity index (χ3v) is 8.60. The highest BCUT2D eigenvalue weighted by Crippen LogP contribution is 2.42. The monoisotopic (exact) mass is 416 g/mol. The van der Waals surface area contributed by atoms with E-state index >= 15 is 0 Å². The zero-order valence-electron chi connectivity index (χ0n) is 14.3. The number of hydrogen-bond acceptors (Lipinski definition) is 6. The van der Waals surface area contributed by atoms with Gasteiger partial charge >= 0.3 is 5.97 Å². The van der Waals surface area contributed by atoms with E-state index in [1.807, 2.05) is 12.1 Å². The number of ether oxygens (including phenoxy) is 1. The van der Waals surface area contributed by atoms with Crippen LogP contribution in [0.1, 0.15) is 22.5 Å². The molecule has 9 heteroatoms. The topological polar surface area (TPSA) is 89.7 Å². The largest absolute Gasteiger partial charge is 0.465 e. The van der Waals surface area contributed by atoms with Crippen molar-refractivity contribution >= 4 is 49.8 Å². The van der Waals surface area contributed by atoms with Crippen LogP contribution in [0.4, 0.5) is 0 Å². The maximum Gasteiger partial charge on any atom is 0.349 e. The summed E-state index contributed by atoms with van der Waals surface area (Å²) in [6.45, 7) is 0.907. The van der Waals surface area contributed by atoms with E-state index in [9.17, 15) is 13.2 Å². The highest BCUT2D eigenvalue weighted by molar-refractivity contribution is 7.89. The summed E-state index contributed by atoms with van der Waals surface area (Å²) in [5.41, 5.74) is 6.14. The Hall–Kier alpha value is -1.19. The fourth-order valence-electron chi connectivity index (χ4n) is 4.10. The Labute approximate surface area is 162 Å². The van der Waals surface area contributed by atoms with Crippen LogP contribution in [0.15, 0.2) is 29.2 Å². The lowest BCUT2D eigenvalue weighted by molar-refractivity contribution is 0.0602. The number of methoxy groups -OCH3 is 1. The summed E-state index contributed by atoms with van der Waals surface area (Å²) < 4.78 is 33.8. The summed E-state index contributed by atoms with van der Waals surface area (Å²) >= 11 is 1.16. The van der Waals surface area contributed by atoms with Gasteiger partial charge < -0.3 is 10.5 Å². The van der Waals surface area contributed by atoms with Crippen LogP contribution >= 0.6 is 23.7 Å². The molecule has 1 saturated carbocycles. The van der Waals surface area contributed by atoms with Crippen molar-refractivity contribution in [3.63, 3.8) is 0 Å². The molecule has 2 aromatic rings. The van der Waals surface area contributed by atoms with Gasteiger partial charge in [0.25, 0.3) is 0 Å². The third kappa shape index (κ3) is 2.93. The summed E-state index contributed by atoms with van der Waals surface area (Å²) in [6.07, 6.45) is 1.92. The van der Waals surface area contributed by atoms with Gasteiger partial charge in [0.1, 0.15) is 9.77 Å². The zero-order chi connectivity index (χ0) is 17.8. The average Bonchev–Trinajstić information content (AvgIpc) is 3.28. The minimum absolute atomic E-state index is 0. The first-order valence-corrected chi connectivity index (χ1v) is 10.5. The molecule has 1 saturated heterocycles. The van der Waals surface area contributed by atoms with Crippen molar-refractivity contribution < 1.29 is 17.9 Å². The lowest BCUT2D eigenvalue weighted by Crippen LogP contribution is -2.34. The number of fused-ring (bicyclic) bond motifs is 2. The molecule has 2 aliphatic rings. The van der Waals surface area contributed by atoms with Crippen molar-refractivity contribution in [3.8, 4) is 0 Å². The van der Waals surface area contributed by atoms with Gasteiger partial charge in [0.05, 0.1) is 7.11 Å². The molecule has 1 aromatic carbocycles. The molecule has 2 N–H and O–H groups in total. The standard InChI is InChI=1S/C17H20N2O4S2.ClH/c1-23-17(20)15-16(11-4-2-3-5-14(11)24-15)25(21,22)19-8-10-6-7-13(18)12(10)9-19;/h2-5,10,12-13H,6-9,18H2,1H3;1H. The minimum Gasteiger partial charge on any atom is -0.465 e. The smallest absolute Gasteiger partial charge is 0.349 e. The van der Waals surface area contributed by atoms with Gasteiger partial charge in [-0.2, -0.15) is 4.31 Å². The average molecular weight is 417 g/mol. The Balaban J connectivity index is 0.00000196. The molecule has 0 spiro atoms. The van der Waals surface area contributed by atoms with Gasteiger partial charge in [-0.25, -0.2) is 13.2 Å². The van der Waals surface area contributed by atoms with Gasteiger partial charge in [0.15, 0.2) is 0 Å². The van der Waals surface area contributed by atoms with Gasteiger partial charge in [0, 0.05) is 29.2 Å². The summed E-state index contributed by atoms with van der Waals surface area (Å²) in [7, 11) is -2.52. The minimum atomic E-state index is -3.79. The van der Waals surface area contributed by atoms with Crippen LogP contribution in [0.2, 0.25) is 0 Å². The number of hydrogen-bond donors (Lipinski definition) is 1. The van der Waals surface area contributed by atoms with E-state index in [4.69, 9.17) is 10.5 Å². The van der Waals surface area contributed by atoms with Crippen molar-refractivity contribution in [2.75, 3.05) is 20.2 Å². The molecule has 0 radical (unpaired) electrons. The molecule has 142 valence electrons. The maximum atomic E-state index is 13.4. The van der Waals surface area contributed by atoms with Crippen LogP contribution in [0.5, 0.6) is 0 Å². The van der Waals surface area contributed by atoms with E-state index in [-0.39, 0.29) is 34.1 Å². The number of thiophene rings is 1. The normalized spacial score (nSPS) is 25.8. The molecule has 26 heavy (non-hydrogen) atoms. The second kappa shape index (κ2) is 7.09. The number of benzene rings is 1. The van der Waals surface area contributed by atoms with E-state index in [2.05, 4.69) is 0 Å². The van der Waals surface area contributed by atoms with Gasteiger partial charge in [-0.1, -0.05) is 18.2 Å². The Kier molecular flexibility index (Phi) is 5.33. The third-order valence-electron chi connectivity index (χ3n) is 5.40. The van der Waals surface area contributed by atoms with E-state index in [1.54, 1.807) is 12.1 Å². The van der Waals surface area contributed by atoms with Crippen molar-refractivity contribution in [1.82, 2.24) is 4.31 Å². The van der Waals surface area contributed by atoms with E-state index < -0.39 is 16.0 Å². The summed E-state index contributed by atoms with van der Waals surface area (Å²) in [4.78, 5) is 12.4. The first kappa shape index (κ1) is 19.6. The molecule has 3 atom stereocenters. The van der Waals surface area contributed by atoms with Crippen LogP contribution in [-0.4, -0.2) is 44.9 Å². The predicted octanol–water partition coefficient (Wildman–Crippen LogP) is 2.47. The fraction of sp³-hybridized carbons (Fsp3) is 0.471. The molecule has 6 nitrogen and oxygen atoms in total. The first-order valence-electron chi connectivity index (χ1n) is 8.29. The van der Waals surface area contributed by atoms with Crippen molar-refractivity contribution in [2.24, 2.45) is 17.6 Å². The Morgan fingerprint density at radius 2 is 2.00 bits per heavy atom. The number of carbonyl (C=O) groups is 1. The molecule has 0 bridgehead atoms. The van der Waals surface area contributed by atoms with E-state index in [1.165, 1.54) is 11.4 Å². The van der Waals surface area contributed by atoms with Gasteiger partial charge in [-0.05, 0) is 30.7 Å². The first-order chi connectivity index (χ1) is 11.9. The summed E-state index contributed by atoms with van der Waals surface area (Å²) in [6, 6.07) is 7.23. The number of sulfonamides is 1. The molecule has 0 amide bonds. The number of carbonyl (C=O) groups excluding carboxylic acids is 1. The highest BCUT2D eigenvalue weighted by atomic mass is 35.5. The SMILES string of the molecule is COC(=O)c1sc2ccccc2c1S(=O)(=O)N1CC2CCC(N)C2C1.Cl. The maximum absolute atomic E-state index is 13.4. The number of nitrogens with zero attached hydrogens (tertiary/aromatic N) is 1. The zero-order valence-corrected chi connectivity index (χ0v) is 16.7. The second-order valence-corrected chi connectivity index (χ2v) is 9.66. The lowest BCUT2D eigenvalue weighted by atomic mass is 9.98. The lowest BCUT2D eigenvalue weighted by Gasteiger charge is -2.19. The Morgan fingerprint density at radius 3 is 2.69 bits per heavy atom. The van der Waals surface area contributed by atoms with E-state index in [0.29, 0.717) is 24.4 Å². The van der Waals surface area contributed by atoms with Crippen LogP contribution in [0.3, 0.4) is 0 Å². The molecular weight excluding hydrogens is 396 g/mol.